The molecule has 0 bridgehead atoms. The third kappa shape index (κ3) is 5.05. The van der Waals surface area contributed by atoms with Crippen molar-refractivity contribution in [1.29, 1.82) is 0 Å². The molecule has 1 saturated heterocycles. The highest BCUT2D eigenvalue weighted by atomic mass is 16.2. The summed E-state index contributed by atoms with van der Waals surface area (Å²) in [4.78, 5) is 17.3. The lowest BCUT2D eigenvalue weighted by molar-refractivity contribution is -0.117. The van der Waals surface area contributed by atoms with E-state index in [1.807, 2.05) is 19.1 Å². The highest BCUT2D eigenvalue weighted by Crippen LogP contribution is 2.27. The third-order valence-corrected chi connectivity index (χ3v) is 6.42. The first-order valence-corrected chi connectivity index (χ1v) is 11.7. The van der Waals surface area contributed by atoms with E-state index in [4.69, 9.17) is 0 Å². The normalized spacial score (nSPS) is 16.5. The smallest absolute Gasteiger partial charge is 0.238 e. The number of anilines is 1. The number of hydrogen-bond acceptors (Lipinski definition) is 5. The Labute approximate surface area is 194 Å². The summed E-state index contributed by atoms with van der Waals surface area (Å²) in [5.41, 5.74) is 4.43. The molecule has 2 aliphatic rings. The lowest BCUT2D eigenvalue weighted by atomic mass is 10.0. The van der Waals surface area contributed by atoms with Crippen LogP contribution in [0.2, 0.25) is 0 Å². The predicted octanol–water partition coefficient (Wildman–Crippen LogP) is 2.94. The van der Waals surface area contributed by atoms with Crippen LogP contribution in [0.3, 0.4) is 0 Å². The Morgan fingerprint density at radius 1 is 1.00 bits per heavy atom. The van der Waals surface area contributed by atoms with Crippen molar-refractivity contribution in [3.05, 3.63) is 77.4 Å². The van der Waals surface area contributed by atoms with Crippen LogP contribution in [0.25, 0.3) is 11.8 Å². The van der Waals surface area contributed by atoms with E-state index in [1.165, 1.54) is 11.1 Å². The molecule has 7 heteroatoms. The first kappa shape index (κ1) is 21.6. The number of hydrogen-bond donors (Lipinski definition) is 1. The second-order valence-electron chi connectivity index (χ2n) is 8.78. The molecular formula is C26H30N6O. The Bertz CT molecular complexity index is 1140. The molecule has 3 aromatic rings. The first-order chi connectivity index (χ1) is 16.2. The fourth-order valence-corrected chi connectivity index (χ4v) is 4.65. The van der Waals surface area contributed by atoms with Crippen molar-refractivity contribution < 1.29 is 4.79 Å². The zero-order chi connectivity index (χ0) is 22.6. The lowest BCUT2D eigenvalue weighted by Crippen LogP contribution is -2.48. The Balaban J connectivity index is 1.10. The molecule has 2 aromatic carbocycles. The van der Waals surface area contributed by atoms with E-state index in [0.717, 1.165) is 68.6 Å². The molecule has 3 heterocycles. The van der Waals surface area contributed by atoms with E-state index in [-0.39, 0.29) is 5.91 Å². The lowest BCUT2D eigenvalue weighted by Gasteiger charge is -2.33. The third-order valence-electron chi connectivity index (χ3n) is 6.42. The van der Waals surface area contributed by atoms with Crippen LogP contribution in [0.1, 0.15) is 22.8 Å². The van der Waals surface area contributed by atoms with Gasteiger partial charge in [0, 0.05) is 44.8 Å². The van der Waals surface area contributed by atoms with Gasteiger partial charge in [0.15, 0.2) is 0 Å². The summed E-state index contributed by atoms with van der Waals surface area (Å²) in [5, 5.41) is 11.5. The van der Waals surface area contributed by atoms with Crippen LogP contribution < -0.4 is 5.32 Å². The van der Waals surface area contributed by atoms with Crippen molar-refractivity contribution in [1.82, 2.24) is 24.6 Å². The van der Waals surface area contributed by atoms with E-state index in [1.54, 1.807) is 0 Å². The number of aromatic nitrogens is 3. The van der Waals surface area contributed by atoms with E-state index >= 15 is 0 Å². The Morgan fingerprint density at radius 2 is 1.79 bits per heavy atom. The number of carbonyl (C=O) groups is 1. The molecule has 2 aliphatic heterocycles. The second kappa shape index (κ2) is 9.68. The number of benzene rings is 2. The molecule has 7 nitrogen and oxygen atoms in total. The zero-order valence-corrected chi connectivity index (χ0v) is 19.1. The van der Waals surface area contributed by atoms with Gasteiger partial charge >= 0.3 is 0 Å². The van der Waals surface area contributed by atoms with Crippen molar-refractivity contribution in [2.75, 3.05) is 44.6 Å². The van der Waals surface area contributed by atoms with Crippen LogP contribution in [0, 0.1) is 6.92 Å². The van der Waals surface area contributed by atoms with Crippen molar-refractivity contribution in [2.45, 2.75) is 19.8 Å². The van der Waals surface area contributed by atoms with E-state index in [2.05, 4.69) is 78.4 Å². The van der Waals surface area contributed by atoms with Gasteiger partial charge in [-0.2, -0.15) is 0 Å². The molecule has 0 saturated carbocycles. The number of nitrogens with zero attached hydrogens (tertiary/aromatic N) is 5. The fraction of sp³-hybridized carbons (Fsp3) is 0.346. The van der Waals surface area contributed by atoms with Crippen LogP contribution in [0.15, 0.2) is 54.6 Å². The SMILES string of the molecule is Cc1nnc2n1-c1ccc(NC(=O)CN3CCN(C/C=C/c4ccccc4)CC3)cc1CC2. The molecule has 33 heavy (non-hydrogen) atoms. The van der Waals surface area contributed by atoms with Gasteiger partial charge in [-0.3, -0.25) is 19.2 Å². The molecule has 1 amide bonds. The number of carbonyl (C=O) groups excluding carboxylic acids is 1. The molecule has 1 aromatic heterocycles. The molecule has 1 fully saturated rings. The molecule has 170 valence electrons. The fourth-order valence-electron chi connectivity index (χ4n) is 4.65. The molecule has 0 radical (unpaired) electrons. The Morgan fingerprint density at radius 3 is 2.61 bits per heavy atom. The largest absolute Gasteiger partial charge is 0.325 e. The quantitative estimate of drug-likeness (QED) is 0.636. The number of nitrogens with one attached hydrogen (secondary N) is 1. The highest BCUT2D eigenvalue weighted by molar-refractivity contribution is 5.92. The number of amides is 1. The molecule has 0 spiro atoms. The molecule has 0 atom stereocenters. The monoisotopic (exact) mass is 442 g/mol. The second-order valence-corrected chi connectivity index (χ2v) is 8.78. The van der Waals surface area contributed by atoms with Gasteiger partial charge in [0.2, 0.25) is 5.91 Å². The Hall–Kier alpha value is -3.29. The number of rotatable bonds is 6. The molecule has 5 rings (SSSR count). The number of piperazine rings is 1. The minimum atomic E-state index is 0.0457. The van der Waals surface area contributed by atoms with Gasteiger partial charge in [-0.15, -0.1) is 10.2 Å². The van der Waals surface area contributed by atoms with Gasteiger partial charge in [0.05, 0.1) is 12.2 Å². The predicted molar refractivity (Wildman–Crippen MR) is 130 cm³/mol. The van der Waals surface area contributed by atoms with Gasteiger partial charge in [-0.25, -0.2) is 0 Å². The van der Waals surface area contributed by atoms with Crippen LogP contribution in [0.4, 0.5) is 5.69 Å². The van der Waals surface area contributed by atoms with Crippen LogP contribution >= 0.6 is 0 Å². The van der Waals surface area contributed by atoms with E-state index in [0.29, 0.717) is 6.54 Å². The minimum Gasteiger partial charge on any atom is -0.325 e. The van der Waals surface area contributed by atoms with Crippen molar-refractivity contribution in [3.8, 4) is 5.69 Å². The summed E-state index contributed by atoms with van der Waals surface area (Å²) in [6.45, 7) is 7.12. The summed E-state index contributed by atoms with van der Waals surface area (Å²) in [6.07, 6.45) is 6.18. The molecule has 0 unspecified atom stereocenters. The van der Waals surface area contributed by atoms with Gasteiger partial charge in [-0.05, 0) is 42.7 Å². The van der Waals surface area contributed by atoms with Gasteiger partial charge < -0.3 is 5.32 Å². The maximum absolute atomic E-state index is 12.7. The Kier molecular flexibility index (Phi) is 6.32. The molecule has 1 N–H and O–H groups in total. The standard InChI is InChI=1S/C26H30N6O/c1-20-28-29-25-12-9-22-18-23(10-11-24(22)32(20)25)27-26(33)19-31-16-14-30(15-17-31)13-5-8-21-6-3-2-4-7-21/h2-8,10-11,18H,9,12-17,19H2,1H3,(H,27,33)/b8-5+. The summed E-state index contributed by atoms with van der Waals surface area (Å²) in [5.74, 6) is 1.95. The highest BCUT2D eigenvalue weighted by Gasteiger charge is 2.21. The summed E-state index contributed by atoms with van der Waals surface area (Å²) in [6, 6.07) is 16.5. The topological polar surface area (TPSA) is 66.3 Å². The number of aryl methyl sites for hydroxylation is 3. The van der Waals surface area contributed by atoms with Gasteiger partial charge in [0.25, 0.3) is 0 Å². The van der Waals surface area contributed by atoms with Crippen LogP contribution in [-0.2, 0) is 17.6 Å². The van der Waals surface area contributed by atoms with Crippen molar-refractivity contribution in [3.63, 3.8) is 0 Å². The van der Waals surface area contributed by atoms with Gasteiger partial charge in [-0.1, -0.05) is 42.5 Å². The maximum Gasteiger partial charge on any atom is 0.238 e. The van der Waals surface area contributed by atoms with Crippen LogP contribution in [0.5, 0.6) is 0 Å². The minimum absolute atomic E-state index is 0.0457. The van der Waals surface area contributed by atoms with Crippen LogP contribution in [-0.4, -0.2) is 69.7 Å². The van der Waals surface area contributed by atoms with Gasteiger partial charge in [0.1, 0.15) is 11.6 Å². The van der Waals surface area contributed by atoms with E-state index in [9.17, 15) is 4.79 Å². The van der Waals surface area contributed by atoms with E-state index < -0.39 is 0 Å². The average Bonchev–Trinajstić information content (AvgIpc) is 3.22. The molecular weight excluding hydrogens is 412 g/mol. The van der Waals surface area contributed by atoms with Crippen molar-refractivity contribution in [2.24, 2.45) is 0 Å². The zero-order valence-electron chi connectivity index (χ0n) is 19.1. The van der Waals surface area contributed by atoms with Crippen molar-refractivity contribution >= 4 is 17.7 Å². The summed E-state index contributed by atoms with van der Waals surface area (Å²) >= 11 is 0. The summed E-state index contributed by atoms with van der Waals surface area (Å²) in [7, 11) is 0. The maximum atomic E-state index is 12.7. The summed E-state index contributed by atoms with van der Waals surface area (Å²) < 4.78 is 2.11. The average molecular weight is 443 g/mol. The molecule has 0 aliphatic carbocycles. The number of fused-ring (bicyclic) bond motifs is 3. The first-order valence-electron chi connectivity index (χ1n) is 11.7.